The Kier molecular flexibility index (Phi) is 9.55. The highest BCUT2D eigenvalue weighted by Gasteiger charge is 2.18. The summed E-state index contributed by atoms with van der Waals surface area (Å²) in [7, 11) is 4.37. The molecule has 0 aliphatic carbocycles. The molecular weight excluding hydrogens is 434 g/mol. The highest BCUT2D eigenvalue weighted by molar-refractivity contribution is 7.80. The van der Waals surface area contributed by atoms with Gasteiger partial charge in [0.15, 0.2) is 16.6 Å². The predicted octanol–water partition coefficient (Wildman–Crippen LogP) is 2.84. The molecule has 0 saturated carbocycles. The van der Waals surface area contributed by atoms with Crippen LogP contribution >= 0.6 is 12.2 Å². The van der Waals surface area contributed by atoms with Crippen LogP contribution in [0.4, 0.5) is 0 Å². The molecule has 0 aromatic heterocycles. The van der Waals surface area contributed by atoms with Crippen molar-refractivity contribution in [1.29, 1.82) is 0 Å². The number of amides is 2. The SMILES string of the molecule is CCCCOc1ccccc1C(=O)NC(=S)NNC(=O)c1cc(OC)c(OC)c(OC)c1. The normalized spacial score (nSPS) is 10.0. The molecule has 9 nitrogen and oxygen atoms in total. The van der Waals surface area contributed by atoms with Crippen molar-refractivity contribution in [3.05, 3.63) is 47.5 Å². The van der Waals surface area contributed by atoms with Gasteiger partial charge < -0.3 is 18.9 Å². The van der Waals surface area contributed by atoms with E-state index in [2.05, 4.69) is 23.1 Å². The highest BCUT2D eigenvalue weighted by Crippen LogP contribution is 2.38. The molecule has 2 aromatic carbocycles. The second-order valence-electron chi connectivity index (χ2n) is 6.47. The first-order valence-corrected chi connectivity index (χ1v) is 10.3. The van der Waals surface area contributed by atoms with Crippen molar-refractivity contribution < 1.29 is 28.5 Å². The summed E-state index contributed by atoms with van der Waals surface area (Å²) in [5.74, 6) is 0.491. The van der Waals surface area contributed by atoms with Crippen molar-refractivity contribution in [1.82, 2.24) is 16.2 Å². The maximum absolute atomic E-state index is 12.6. The fourth-order valence-corrected chi connectivity index (χ4v) is 2.85. The van der Waals surface area contributed by atoms with Crippen molar-refractivity contribution >= 4 is 29.1 Å². The lowest BCUT2D eigenvalue weighted by molar-refractivity contribution is 0.0933. The van der Waals surface area contributed by atoms with E-state index in [-0.39, 0.29) is 10.7 Å². The predicted molar refractivity (Wildman–Crippen MR) is 124 cm³/mol. The number of unbranched alkanes of at least 4 members (excludes halogenated alkanes) is 1. The van der Waals surface area contributed by atoms with Crippen LogP contribution in [0.3, 0.4) is 0 Å². The summed E-state index contributed by atoms with van der Waals surface area (Å²) in [5, 5.41) is 2.43. The largest absolute Gasteiger partial charge is 0.493 e. The van der Waals surface area contributed by atoms with Gasteiger partial charge >= 0.3 is 0 Å². The topological polar surface area (TPSA) is 107 Å². The number of carbonyl (C=O) groups excluding carboxylic acids is 2. The van der Waals surface area contributed by atoms with Crippen molar-refractivity contribution in [3.63, 3.8) is 0 Å². The van der Waals surface area contributed by atoms with Crippen LogP contribution in [0.25, 0.3) is 0 Å². The Balaban J connectivity index is 2.00. The monoisotopic (exact) mass is 461 g/mol. The molecule has 0 atom stereocenters. The standard InChI is InChI=1S/C22H27N3O6S/c1-5-6-11-31-16-10-8-7-9-15(16)21(27)23-22(32)25-24-20(26)14-12-17(28-2)19(30-4)18(13-14)29-3/h7-10,12-13H,5-6,11H2,1-4H3,(H,24,26)(H2,23,25,27,32). The third-order valence-corrected chi connectivity index (χ3v) is 4.53. The second kappa shape index (κ2) is 12.4. The molecule has 32 heavy (non-hydrogen) atoms. The molecule has 0 aliphatic heterocycles. The van der Waals surface area contributed by atoms with Crippen molar-refractivity contribution in [2.45, 2.75) is 19.8 Å². The zero-order valence-corrected chi connectivity index (χ0v) is 19.3. The average molecular weight is 462 g/mol. The van der Waals surface area contributed by atoms with Gasteiger partial charge in [-0.05, 0) is 42.9 Å². The molecule has 0 spiro atoms. The molecule has 172 valence electrons. The van der Waals surface area contributed by atoms with Gasteiger partial charge in [0.1, 0.15) is 5.75 Å². The van der Waals surface area contributed by atoms with Crippen LogP contribution in [0, 0.1) is 0 Å². The zero-order chi connectivity index (χ0) is 23.5. The summed E-state index contributed by atoms with van der Waals surface area (Å²) >= 11 is 5.12. The number of benzene rings is 2. The maximum Gasteiger partial charge on any atom is 0.269 e. The van der Waals surface area contributed by atoms with Gasteiger partial charge in [0.05, 0.1) is 33.5 Å². The fraction of sp³-hybridized carbons (Fsp3) is 0.318. The average Bonchev–Trinajstić information content (AvgIpc) is 2.81. The Morgan fingerprint density at radius 3 is 2.16 bits per heavy atom. The summed E-state index contributed by atoms with van der Waals surface area (Å²) in [4.78, 5) is 25.1. The van der Waals surface area contributed by atoms with Crippen molar-refractivity contribution in [2.75, 3.05) is 27.9 Å². The Morgan fingerprint density at radius 2 is 1.56 bits per heavy atom. The third-order valence-electron chi connectivity index (χ3n) is 4.33. The molecule has 0 bridgehead atoms. The van der Waals surface area contributed by atoms with E-state index in [1.54, 1.807) is 24.3 Å². The number of thiocarbonyl (C=S) groups is 1. The number of hydrogen-bond acceptors (Lipinski definition) is 7. The van der Waals surface area contributed by atoms with Gasteiger partial charge in [-0.1, -0.05) is 25.5 Å². The van der Waals surface area contributed by atoms with Gasteiger partial charge in [0, 0.05) is 5.56 Å². The van der Waals surface area contributed by atoms with Crippen LogP contribution in [0.5, 0.6) is 23.0 Å². The van der Waals surface area contributed by atoms with Gasteiger partial charge in [0.2, 0.25) is 5.75 Å². The van der Waals surface area contributed by atoms with Gasteiger partial charge in [-0.2, -0.15) is 0 Å². The number of rotatable bonds is 9. The first kappa shape index (κ1) is 24.7. The minimum Gasteiger partial charge on any atom is -0.493 e. The zero-order valence-electron chi connectivity index (χ0n) is 18.4. The van der Waals surface area contributed by atoms with E-state index in [1.165, 1.54) is 33.5 Å². The number of para-hydroxylation sites is 1. The van der Waals surface area contributed by atoms with E-state index in [9.17, 15) is 9.59 Å². The lowest BCUT2D eigenvalue weighted by atomic mass is 10.1. The maximum atomic E-state index is 12.6. The first-order valence-electron chi connectivity index (χ1n) is 9.88. The molecular formula is C22H27N3O6S. The summed E-state index contributed by atoms with van der Waals surface area (Å²) < 4.78 is 21.4. The lowest BCUT2D eigenvalue weighted by Gasteiger charge is -2.15. The van der Waals surface area contributed by atoms with Crippen molar-refractivity contribution in [3.8, 4) is 23.0 Å². The van der Waals surface area contributed by atoms with Gasteiger partial charge in [-0.15, -0.1) is 0 Å². The summed E-state index contributed by atoms with van der Waals surface area (Å²) in [6, 6.07) is 9.84. The first-order chi connectivity index (χ1) is 15.4. The second-order valence-corrected chi connectivity index (χ2v) is 6.88. The van der Waals surface area contributed by atoms with Gasteiger partial charge in [-0.3, -0.25) is 25.8 Å². The van der Waals surface area contributed by atoms with Gasteiger partial charge in [0.25, 0.3) is 11.8 Å². The molecule has 0 radical (unpaired) electrons. The molecule has 3 N–H and O–H groups in total. The van der Waals surface area contributed by atoms with Crippen LogP contribution in [0.15, 0.2) is 36.4 Å². The highest BCUT2D eigenvalue weighted by atomic mass is 32.1. The third kappa shape index (κ3) is 6.48. The fourth-order valence-electron chi connectivity index (χ4n) is 2.71. The van der Waals surface area contributed by atoms with Crippen molar-refractivity contribution in [2.24, 2.45) is 0 Å². The molecule has 0 saturated heterocycles. The minimum absolute atomic E-state index is 0.0841. The number of hydrazine groups is 1. The molecule has 0 unspecified atom stereocenters. The summed E-state index contributed by atoms with van der Waals surface area (Å²) in [5.41, 5.74) is 5.50. The number of carbonyl (C=O) groups is 2. The van der Waals surface area contributed by atoms with E-state index in [0.29, 0.717) is 35.2 Å². The molecule has 10 heteroatoms. The Hall–Kier alpha value is -3.53. The minimum atomic E-state index is -0.524. The van der Waals surface area contributed by atoms with Crippen LogP contribution in [-0.4, -0.2) is 44.9 Å². The number of nitrogens with one attached hydrogen (secondary N) is 3. The number of ether oxygens (including phenoxy) is 4. The Morgan fingerprint density at radius 1 is 0.906 bits per heavy atom. The van der Waals surface area contributed by atoms with Crippen LogP contribution in [0.2, 0.25) is 0 Å². The molecule has 2 aromatic rings. The van der Waals surface area contributed by atoms with Crippen LogP contribution in [-0.2, 0) is 0 Å². The molecule has 2 amide bonds. The number of hydrogen-bond donors (Lipinski definition) is 3. The smallest absolute Gasteiger partial charge is 0.269 e. The lowest BCUT2D eigenvalue weighted by Crippen LogP contribution is -2.48. The Bertz CT molecular complexity index is 941. The van der Waals surface area contributed by atoms with E-state index in [4.69, 9.17) is 31.2 Å². The van der Waals surface area contributed by atoms with E-state index < -0.39 is 11.8 Å². The van der Waals surface area contributed by atoms with E-state index in [1.807, 2.05) is 0 Å². The molecule has 0 fully saturated rings. The van der Waals surface area contributed by atoms with Crippen LogP contribution < -0.4 is 35.1 Å². The molecule has 0 aliphatic rings. The summed E-state index contributed by atoms with van der Waals surface area (Å²) in [6.45, 7) is 2.56. The quantitative estimate of drug-likeness (QED) is 0.297. The van der Waals surface area contributed by atoms with Crippen LogP contribution in [0.1, 0.15) is 40.5 Å². The van der Waals surface area contributed by atoms with E-state index in [0.717, 1.165) is 12.8 Å². The molecule has 2 rings (SSSR count). The molecule has 0 heterocycles. The van der Waals surface area contributed by atoms with Gasteiger partial charge in [-0.25, -0.2) is 0 Å². The summed E-state index contributed by atoms with van der Waals surface area (Å²) in [6.07, 6.45) is 1.86. The van der Waals surface area contributed by atoms with E-state index >= 15 is 0 Å². The Labute approximate surface area is 192 Å². The number of methoxy groups -OCH3 is 3.